The molecule has 0 heterocycles. The van der Waals surface area contributed by atoms with Crippen molar-refractivity contribution in [3.8, 4) is 23.0 Å². The quantitative estimate of drug-likeness (QED) is 0.181. The van der Waals surface area contributed by atoms with Gasteiger partial charge in [0.1, 0.15) is 23.0 Å². The molecule has 0 spiro atoms. The highest BCUT2D eigenvalue weighted by atomic mass is 16.3. The van der Waals surface area contributed by atoms with Gasteiger partial charge in [-0.2, -0.15) is 0 Å². The molecule has 0 bridgehead atoms. The molecule has 0 radical (unpaired) electrons. The van der Waals surface area contributed by atoms with Gasteiger partial charge in [-0.25, -0.2) is 0 Å². The molecule has 0 amide bonds. The molecule has 4 N–H and O–H groups in total. The van der Waals surface area contributed by atoms with E-state index in [0.29, 0.717) is 30.3 Å². The lowest BCUT2D eigenvalue weighted by atomic mass is 9.60. The fraction of sp³-hybridized carbons (Fsp3) is 0.368. The number of hydrogen-bond donors (Lipinski definition) is 4. The van der Waals surface area contributed by atoms with Crippen LogP contribution in [0, 0.1) is 19.8 Å². The van der Waals surface area contributed by atoms with E-state index in [4.69, 9.17) is 0 Å². The molecular formula is C38H44O4. The summed E-state index contributed by atoms with van der Waals surface area (Å²) in [6, 6.07) is 23.1. The second kappa shape index (κ2) is 11.4. The molecule has 4 heteroatoms. The summed E-state index contributed by atoms with van der Waals surface area (Å²) in [5.41, 5.74) is 8.30. The van der Waals surface area contributed by atoms with Crippen molar-refractivity contribution >= 4 is 0 Å². The van der Waals surface area contributed by atoms with E-state index in [2.05, 4.69) is 45.0 Å². The molecule has 0 aromatic heterocycles. The van der Waals surface area contributed by atoms with Crippen molar-refractivity contribution in [3.63, 3.8) is 0 Å². The molecule has 1 fully saturated rings. The Bertz CT molecular complexity index is 1560. The fourth-order valence-corrected chi connectivity index (χ4v) is 6.86. The zero-order valence-electron chi connectivity index (χ0n) is 25.5. The zero-order valence-corrected chi connectivity index (χ0v) is 25.5. The topological polar surface area (TPSA) is 80.9 Å². The Morgan fingerprint density at radius 3 is 1.62 bits per heavy atom. The van der Waals surface area contributed by atoms with Crippen LogP contribution in [-0.2, 0) is 23.7 Å². The van der Waals surface area contributed by atoms with Crippen LogP contribution in [0.15, 0.2) is 72.8 Å². The smallest absolute Gasteiger partial charge is 0.122 e. The maximum atomic E-state index is 10.9. The van der Waals surface area contributed by atoms with Crippen molar-refractivity contribution in [2.75, 3.05) is 0 Å². The molecule has 0 unspecified atom stereocenters. The molecular weight excluding hydrogens is 520 g/mol. The average molecular weight is 565 g/mol. The van der Waals surface area contributed by atoms with Gasteiger partial charge in [0.15, 0.2) is 0 Å². The Hall–Kier alpha value is -3.92. The average Bonchev–Trinajstić information content (AvgIpc) is 2.96. The second-order valence-corrected chi connectivity index (χ2v) is 13.3. The molecule has 4 aromatic carbocycles. The normalized spacial score (nSPS) is 19.1. The lowest BCUT2D eigenvalue weighted by Crippen LogP contribution is -2.37. The van der Waals surface area contributed by atoms with Crippen LogP contribution in [0.25, 0.3) is 0 Å². The van der Waals surface area contributed by atoms with Crippen molar-refractivity contribution in [3.05, 3.63) is 117 Å². The summed E-state index contributed by atoms with van der Waals surface area (Å²) in [5.74, 6) is 1.71. The van der Waals surface area contributed by atoms with Gasteiger partial charge in [0.05, 0.1) is 0 Å². The van der Waals surface area contributed by atoms with Crippen molar-refractivity contribution in [1.82, 2.24) is 0 Å². The number of benzene rings is 4. The standard InChI is InChI=1S/C38H44O4/c1-24-18-31(22-28(35(24)41)20-26-6-10-33(39)11-7-26)37(3,4)30-14-16-38(5,17-15-30)32-19-25(2)36(42)29(23-32)21-27-8-12-34(40)13-9-27/h6-13,18-19,22-23,30,39-42H,14-17,20-21H2,1-5H3. The van der Waals surface area contributed by atoms with Crippen LogP contribution in [0.5, 0.6) is 23.0 Å². The first-order valence-corrected chi connectivity index (χ1v) is 15.1. The fourth-order valence-electron chi connectivity index (χ4n) is 6.86. The van der Waals surface area contributed by atoms with E-state index in [1.54, 1.807) is 24.3 Å². The predicted molar refractivity (Wildman–Crippen MR) is 170 cm³/mol. The van der Waals surface area contributed by atoms with Crippen molar-refractivity contribution in [1.29, 1.82) is 0 Å². The largest absolute Gasteiger partial charge is 0.508 e. The van der Waals surface area contributed by atoms with Crippen LogP contribution < -0.4 is 0 Å². The van der Waals surface area contributed by atoms with Crippen LogP contribution in [-0.4, -0.2) is 20.4 Å². The number of phenols is 4. The molecule has 1 aliphatic rings. The van der Waals surface area contributed by atoms with Crippen LogP contribution >= 0.6 is 0 Å². The van der Waals surface area contributed by atoms with E-state index in [0.717, 1.165) is 59.1 Å². The Kier molecular flexibility index (Phi) is 8.02. The lowest BCUT2D eigenvalue weighted by Gasteiger charge is -2.44. The third-order valence-corrected chi connectivity index (χ3v) is 9.97. The van der Waals surface area contributed by atoms with E-state index >= 15 is 0 Å². The molecule has 220 valence electrons. The van der Waals surface area contributed by atoms with Crippen molar-refractivity contribution in [2.24, 2.45) is 5.92 Å². The Balaban J connectivity index is 1.35. The predicted octanol–water partition coefficient (Wildman–Crippen LogP) is 8.73. The van der Waals surface area contributed by atoms with E-state index in [9.17, 15) is 20.4 Å². The van der Waals surface area contributed by atoms with E-state index in [1.165, 1.54) is 11.1 Å². The molecule has 1 aliphatic carbocycles. The third kappa shape index (κ3) is 5.99. The van der Waals surface area contributed by atoms with E-state index in [1.807, 2.05) is 38.1 Å². The Morgan fingerprint density at radius 2 is 1.12 bits per heavy atom. The van der Waals surface area contributed by atoms with Gasteiger partial charge in [-0.05, 0) is 125 Å². The minimum absolute atomic E-state index is 0.0314. The minimum Gasteiger partial charge on any atom is -0.508 e. The molecule has 42 heavy (non-hydrogen) atoms. The summed E-state index contributed by atoms with van der Waals surface area (Å²) in [4.78, 5) is 0. The minimum atomic E-state index is -0.0571. The van der Waals surface area contributed by atoms with Crippen molar-refractivity contribution < 1.29 is 20.4 Å². The Labute approximate surface area is 250 Å². The number of rotatable bonds is 7. The molecule has 1 saturated carbocycles. The van der Waals surface area contributed by atoms with E-state index in [-0.39, 0.29) is 22.3 Å². The van der Waals surface area contributed by atoms with Gasteiger partial charge in [0, 0.05) is 12.8 Å². The first kappa shape index (κ1) is 29.6. The number of phenolic OH excluding ortho intramolecular Hbond substituents is 4. The van der Waals surface area contributed by atoms with Gasteiger partial charge in [-0.3, -0.25) is 0 Å². The molecule has 0 saturated heterocycles. The first-order chi connectivity index (χ1) is 19.9. The summed E-state index contributed by atoms with van der Waals surface area (Å²) in [6.07, 6.45) is 5.59. The molecule has 0 aliphatic heterocycles. The molecule has 4 aromatic rings. The number of hydrogen-bond acceptors (Lipinski definition) is 4. The van der Waals surface area contributed by atoms with Crippen LogP contribution in [0.2, 0.25) is 0 Å². The van der Waals surface area contributed by atoms with Crippen LogP contribution in [0.1, 0.15) is 91.0 Å². The van der Waals surface area contributed by atoms with Crippen LogP contribution in [0.4, 0.5) is 0 Å². The van der Waals surface area contributed by atoms with Crippen LogP contribution in [0.3, 0.4) is 0 Å². The second-order valence-electron chi connectivity index (χ2n) is 13.3. The van der Waals surface area contributed by atoms with Gasteiger partial charge in [0.2, 0.25) is 0 Å². The SMILES string of the molecule is Cc1cc(C2(C)CCC(C(C)(C)c3cc(C)c(O)c(Cc4ccc(O)cc4)c3)CC2)cc(Cc2ccc(O)cc2)c1O. The van der Waals surface area contributed by atoms with Crippen molar-refractivity contribution in [2.45, 2.75) is 84.0 Å². The Morgan fingerprint density at radius 1 is 0.667 bits per heavy atom. The van der Waals surface area contributed by atoms with Gasteiger partial charge in [0.25, 0.3) is 0 Å². The molecule has 4 nitrogen and oxygen atoms in total. The maximum Gasteiger partial charge on any atom is 0.122 e. The van der Waals surface area contributed by atoms with Gasteiger partial charge < -0.3 is 20.4 Å². The zero-order chi connectivity index (χ0) is 30.2. The van der Waals surface area contributed by atoms with Gasteiger partial charge >= 0.3 is 0 Å². The number of aromatic hydroxyl groups is 4. The highest BCUT2D eigenvalue weighted by Gasteiger charge is 2.40. The lowest BCUT2D eigenvalue weighted by molar-refractivity contribution is 0.178. The van der Waals surface area contributed by atoms with Gasteiger partial charge in [-0.1, -0.05) is 69.3 Å². The molecule has 0 atom stereocenters. The highest BCUT2D eigenvalue weighted by molar-refractivity contribution is 5.49. The summed E-state index contributed by atoms with van der Waals surface area (Å²) < 4.78 is 0. The summed E-state index contributed by atoms with van der Waals surface area (Å²) in [5, 5.41) is 41.1. The summed E-state index contributed by atoms with van der Waals surface area (Å²) in [6.45, 7) is 11.0. The molecule has 5 rings (SSSR count). The monoisotopic (exact) mass is 564 g/mol. The van der Waals surface area contributed by atoms with E-state index < -0.39 is 0 Å². The first-order valence-electron chi connectivity index (χ1n) is 15.1. The summed E-state index contributed by atoms with van der Waals surface area (Å²) >= 11 is 0. The van der Waals surface area contributed by atoms with Gasteiger partial charge in [-0.15, -0.1) is 0 Å². The summed E-state index contributed by atoms with van der Waals surface area (Å²) in [7, 11) is 0. The number of aryl methyl sites for hydroxylation is 2. The maximum absolute atomic E-state index is 10.9. The highest BCUT2D eigenvalue weighted by Crippen LogP contribution is 2.49. The third-order valence-electron chi connectivity index (χ3n) is 9.97.